The summed E-state index contributed by atoms with van der Waals surface area (Å²) in [5.41, 5.74) is -0.468. The molecule has 0 aliphatic carbocycles. The van der Waals surface area contributed by atoms with Crippen LogP contribution in [0.15, 0.2) is 17.5 Å². The molecule has 2 heterocycles. The third-order valence-corrected chi connectivity index (χ3v) is 5.02. The smallest absolute Gasteiger partial charge is 0.410 e. The highest BCUT2D eigenvalue weighted by molar-refractivity contribution is 7.12. The first-order chi connectivity index (χ1) is 11.9. The fourth-order valence-electron chi connectivity index (χ4n) is 2.96. The Morgan fingerprint density at radius 1 is 1.32 bits per heavy atom. The Balaban J connectivity index is 1.70. The van der Waals surface area contributed by atoms with Gasteiger partial charge in [-0.2, -0.15) is 0 Å². The van der Waals surface area contributed by atoms with E-state index < -0.39 is 5.60 Å². The van der Waals surface area contributed by atoms with Gasteiger partial charge in [0.2, 0.25) is 0 Å². The predicted octanol–water partition coefficient (Wildman–Crippen LogP) is 4.52. The predicted molar refractivity (Wildman–Crippen MR) is 99.3 cm³/mol. The zero-order valence-corrected chi connectivity index (χ0v) is 16.3. The van der Waals surface area contributed by atoms with Crippen molar-refractivity contribution < 1.29 is 19.1 Å². The van der Waals surface area contributed by atoms with Crippen LogP contribution in [0.2, 0.25) is 0 Å². The van der Waals surface area contributed by atoms with E-state index in [4.69, 9.17) is 9.47 Å². The van der Waals surface area contributed by atoms with E-state index in [-0.39, 0.29) is 24.5 Å². The number of likely N-dealkylation sites (tertiary alicyclic amines) is 1. The van der Waals surface area contributed by atoms with E-state index in [2.05, 4.69) is 0 Å². The largest absolute Gasteiger partial charge is 0.444 e. The van der Waals surface area contributed by atoms with Crippen molar-refractivity contribution >= 4 is 23.2 Å². The van der Waals surface area contributed by atoms with Crippen molar-refractivity contribution in [3.05, 3.63) is 22.4 Å². The van der Waals surface area contributed by atoms with E-state index in [1.54, 1.807) is 0 Å². The minimum Gasteiger partial charge on any atom is -0.444 e. The minimum atomic E-state index is -0.468. The third-order valence-electron chi connectivity index (χ3n) is 4.11. The van der Waals surface area contributed by atoms with E-state index in [1.165, 1.54) is 11.3 Å². The van der Waals surface area contributed by atoms with E-state index in [1.807, 2.05) is 43.2 Å². The van der Waals surface area contributed by atoms with Gasteiger partial charge >= 0.3 is 6.09 Å². The summed E-state index contributed by atoms with van der Waals surface area (Å²) in [5.74, 6) is 0.0306. The number of carbonyl (C=O) groups is 2. The van der Waals surface area contributed by atoms with Gasteiger partial charge in [0, 0.05) is 19.2 Å². The van der Waals surface area contributed by atoms with Gasteiger partial charge in [-0.05, 0) is 64.3 Å². The van der Waals surface area contributed by atoms with Crippen LogP contribution in [0, 0.1) is 0 Å². The van der Waals surface area contributed by atoms with Crippen LogP contribution in [0.5, 0.6) is 0 Å². The first kappa shape index (κ1) is 19.9. The molecule has 0 saturated carbocycles. The maximum atomic E-state index is 12.4. The molecule has 0 unspecified atom stereocenters. The number of piperidine rings is 1. The van der Waals surface area contributed by atoms with Crippen LogP contribution in [0.25, 0.3) is 0 Å². The van der Waals surface area contributed by atoms with Crippen LogP contribution in [0.3, 0.4) is 0 Å². The van der Waals surface area contributed by atoms with Crippen LogP contribution in [-0.2, 0) is 9.47 Å². The van der Waals surface area contributed by atoms with Crippen LogP contribution < -0.4 is 0 Å². The number of amides is 1. The SMILES string of the molecule is CC(C)(C)OC(=O)N1CCCC[C@@H]1CCCOCC(=O)c1cccs1. The highest BCUT2D eigenvalue weighted by Crippen LogP contribution is 2.23. The second kappa shape index (κ2) is 9.34. The van der Waals surface area contributed by atoms with E-state index in [9.17, 15) is 9.59 Å². The van der Waals surface area contributed by atoms with Crippen LogP contribution >= 0.6 is 11.3 Å². The van der Waals surface area contributed by atoms with Gasteiger partial charge in [0.15, 0.2) is 5.78 Å². The fraction of sp³-hybridized carbons (Fsp3) is 0.684. The summed E-state index contributed by atoms with van der Waals surface area (Å²) in [6.45, 7) is 7.10. The monoisotopic (exact) mass is 367 g/mol. The molecule has 1 aliphatic heterocycles. The van der Waals surface area contributed by atoms with Gasteiger partial charge < -0.3 is 14.4 Å². The molecule has 5 nitrogen and oxygen atoms in total. The van der Waals surface area contributed by atoms with E-state index in [0.717, 1.165) is 43.5 Å². The Bertz CT molecular complexity index is 550. The molecule has 0 spiro atoms. The van der Waals surface area contributed by atoms with Crippen LogP contribution in [0.4, 0.5) is 4.79 Å². The van der Waals surface area contributed by atoms with Crippen molar-refractivity contribution in [2.75, 3.05) is 19.8 Å². The van der Waals surface area contributed by atoms with E-state index in [0.29, 0.717) is 6.61 Å². The number of hydrogen-bond donors (Lipinski definition) is 0. The molecule has 1 aliphatic rings. The Labute approximate surface area is 154 Å². The molecule has 0 bridgehead atoms. The summed E-state index contributed by atoms with van der Waals surface area (Å²) in [6, 6.07) is 3.89. The molecule has 1 saturated heterocycles. The Morgan fingerprint density at radius 2 is 2.12 bits per heavy atom. The van der Waals surface area contributed by atoms with Gasteiger partial charge in [-0.15, -0.1) is 11.3 Å². The minimum absolute atomic E-state index is 0.0306. The first-order valence-electron chi connectivity index (χ1n) is 9.01. The molecule has 1 fully saturated rings. The standard InChI is InChI=1S/C19H29NO4S/c1-19(2,3)24-18(22)20-11-5-4-8-15(20)9-6-12-23-14-16(21)17-10-7-13-25-17/h7,10,13,15H,4-6,8-9,11-12,14H2,1-3H3/t15-/m1/s1. The fourth-order valence-corrected chi connectivity index (χ4v) is 3.61. The lowest BCUT2D eigenvalue weighted by Crippen LogP contribution is -2.46. The number of ketones is 1. The second-order valence-electron chi connectivity index (χ2n) is 7.42. The normalized spacial score (nSPS) is 18.2. The molecular formula is C19H29NO4S. The summed E-state index contributed by atoms with van der Waals surface area (Å²) in [7, 11) is 0. The molecule has 2 rings (SSSR count). The summed E-state index contributed by atoms with van der Waals surface area (Å²) in [4.78, 5) is 26.8. The maximum Gasteiger partial charge on any atom is 0.410 e. The lowest BCUT2D eigenvalue weighted by atomic mass is 9.98. The van der Waals surface area contributed by atoms with E-state index >= 15 is 0 Å². The quantitative estimate of drug-likeness (QED) is 0.525. The summed E-state index contributed by atoms with van der Waals surface area (Å²) in [5, 5.41) is 1.89. The van der Waals surface area contributed by atoms with Gasteiger partial charge in [0.1, 0.15) is 12.2 Å². The Hall–Kier alpha value is -1.40. The highest BCUT2D eigenvalue weighted by Gasteiger charge is 2.30. The van der Waals surface area contributed by atoms with Crippen molar-refractivity contribution in [1.82, 2.24) is 4.90 Å². The van der Waals surface area contributed by atoms with Gasteiger partial charge in [0.05, 0.1) is 4.88 Å². The maximum absolute atomic E-state index is 12.4. The van der Waals surface area contributed by atoms with Crippen molar-refractivity contribution in [2.45, 2.75) is 64.5 Å². The van der Waals surface area contributed by atoms with Crippen LogP contribution in [-0.4, -0.2) is 48.2 Å². The molecule has 140 valence electrons. The lowest BCUT2D eigenvalue weighted by molar-refractivity contribution is 0.00760. The number of rotatable bonds is 7. The lowest BCUT2D eigenvalue weighted by Gasteiger charge is -2.36. The first-order valence-corrected chi connectivity index (χ1v) is 9.89. The molecule has 1 atom stereocenters. The van der Waals surface area contributed by atoms with Gasteiger partial charge in [-0.1, -0.05) is 6.07 Å². The molecule has 0 N–H and O–H groups in total. The summed E-state index contributed by atoms with van der Waals surface area (Å²) >= 11 is 1.44. The molecule has 0 radical (unpaired) electrons. The molecular weight excluding hydrogens is 338 g/mol. The number of thiophene rings is 1. The van der Waals surface area contributed by atoms with Crippen molar-refractivity contribution in [3.8, 4) is 0 Å². The molecule has 1 aromatic rings. The van der Waals surface area contributed by atoms with Gasteiger partial charge in [-0.25, -0.2) is 4.79 Å². The average Bonchev–Trinajstić information content (AvgIpc) is 3.07. The van der Waals surface area contributed by atoms with Gasteiger partial charge in [0.25, 0.3) is 0 Å². The van der Waals surface area contributed by atoms with Gasteiger partial charge in [-0.3, -0.25) is 4.79 Å². The molecule has 1 aromatic heterocycles. The Morgan fingerprint density at radius 3 is 2.80 bits per heavy atom. The van der Waals surface area contributed by atoms with Crippen LogP contribution in [0.1, 0.15) is 62.5 Å². The van der Waals surface area contributed by atoms with Crippen molar-refractivity contribution in [2.24, 2.45) is 0 Å². The number of Topliss-reactive ketones (excluding diaryl/α,β-unsaturated/α-hetero) is 1. The zero-order valence-electron chi connectivity index (χ0n) is 15.5. The number of ether oxygens (including phenoxy) is 2. The molecule has 6 heteroatoms. The zero-order chi connectivity index (χ0) is 18.3. The summed E-state index contributed by atoms with van der Waals surface area (Å²) < 4.78 is 11.0. The summed E-state index contributed by atoms with van der Waals surface area (Å²) in [6.07, 6.45) is 4.68. The highest BCUT2D eigenvalue weighted by atomic mass is 32.1. The number of nitrogens with zero attached hydrogens (tertiary/aromatic N) is 1. The number of carbonyl (C=O) groups excluding carboxylic acids is 2. The number of hydrogen-bond acceptors (Lipinski definition) is 5. The molecule has 0 aromatic carbocycles. The average molecular weight is 368 g/mol. The van der Waals surface area contributed by atoms with Crippen molar-refractivity contribution in [3.63, 3.8) is 0 Å². The second-order valence-corrected chi connectivity index (χ2v) is 8.37. The van der Waals surface area contributed by atoms with Crippen molar-refractivity contribution in [1.29, 1.82) is 0 Å². The Kier molecular flexibility index (Phi) is 7.44. The topological polar surface area (TPSA) is 55.8 Å². The third kappa shape index (κ3) is 6.78. The molecule has 25 heavy (non-hydrogen) atoms. The molecule has 1 amide bonds.